The predicted octanol–water partition coefficient (Wildman–Crippen LogP) is 2.10. The molecule has 2 atom stereocenters. The molecule has 1 aliphatic heterocycles. The van der Waals surface area contributed by atoms with Crippen molar-refractivity contribution < 1.29 is 13.9 Å². The molecule has 3 rings (SSSR count). The van der Waals surface area contributed by atoms with Crippen molar-refractivity contribution in [2.24, 2.45) is 5.92 Å². The third-order valence-electron chi connectivity index (χ3n) is 4.12. The zero-order chi connectivity index (χ0) is 16.8. The van der Waals surface area contributed by atoms with Gasteiger partial charge in [0, 0.05) is 38.0 Å². The highest BCUT2D eigenvalue weighted by Gasteiger charge is 2.29. The Bertz CT molecular complexity index is 645. The van der Waals surface area contributed by atoms with Crippen molar-refractivity contribution in [2.45, 2.75) is 19.1 Å². The Morgan fingerprint density at radius 3 is 2.92 bits per heavy atom. The van der Waals surface area contributed by atoms with Gasteiger partial charge in [-0.15, -0.1) is 0 Å². The van der Waals surface area contributed by atoms with E-state index in [2.05, 4.69) is 15.7 Å². The Hall–Kier alpha value is -2.41. The van der Waals surface area contributed by atoms with E-state index in [4.69, 9.17) is 4.74 Å². The molecule has 2 amide bonds. The van der Waals surface area contributed by atoms with Gasteiger partial charge in [-0.3, -0.25) is 4.68 Å². The highest BCUT2D eigenvalue weighted by Crippen LogP contribution is 2.34. The first-order chi connectivity index (χ1) is 11.7. The van der Waals surface area contributed by atoms with E-state index < -0.39 is 0 Å². The third kappa shape index (κ3) is 4.32. The number of aromatic nitrogens is 2. The number of carbonyl (C=O) groups is 1. The number of carbonyl (C=O) groups excluding carboxylic acids is 1. The van der Waals surface area contributed by atoms with Crippen LogP contribution in [0.3, 0.4) is 0 Å². The lowest BCUT2D eigenvalue weighted by Gasteiger charge is -2.19. The van der Waals surface area contributed by atoms with Crippen LogP contribution in [0, 0.1) is 11.7 Å². The molecule has 1 aromatic heterocycles. The van der Waals surface area contributed by atoms with Crippen molar-refractivity contribution in [1.29, 1.82) is 0 Å². The fraction of sp³-hybridized carbons (Fsp3) is 0.412. The van der Waals surface area contributed by atoms with Crippen LogP contribution in [0.5, 0.6) is 0 Å². The van der Waals surface area contributed by atoms with E-state index in [0.717, 1.165) is 12.0 Å². The van der Waals surface area contributed by atoms with E-state index in [-0.39, 0.29) is 23.9 Å². The largest absolute Gasteiger partial charge is 0.373 e. The number of nitrogens with zero attached hydrogens (tertiary/aromatic N) is 2. The Labute approximate surface area is 140 Å². The van der Waals surface area contributed by atoms with Crippen LogP contribution >= 0.6 is 0 Å². The maximum Gasteiger partial charge on any atom is 0.314 e. The highest BCUT2D eigenvalue weighted by molar-refractivity contribution is 5.73. The minimum absolute atomic E-state index is 0.102. The van der Waals surface area contributed by atoms with Crippen LogP contribution in [0.4, 0.5) is 9.18 Å². The van der Waals surface area contributed by atoms with Crippen LogP contribution < -0.4 is 10.6 Å². The third-order valence-corrected chi connectivity index (χ3v) is 4.12. The second-order valence-electron chi connectivity index (χ2n) is 5.80. The summed E-state index contributed by atoms with van der Waals surface area (Å²) in [6, 6.07) is 7.99. The molecule has 7 heteroatoms. The summed E-state index contributed by atoms with van der Waals surface area (Å²) in [7, 11) is 0. The average Bonchev–Trinajstić information content (AvgIpc) is 3.25. The summed E-state index contributed by atoms with van der Waals surface area (Å²) in [5, 5.41) is 9.76. The maximum atomic E-state index is 13.0. The number of rotatable bonds is 6. The summed E-state index contributed by atoms with van der Waals surface area (Å²) in [5.74, 6) is -0.0738. The SMILES string of the molecule is O=C(NCCn1cccn1)NC[C@@H]1CCO[C@H]1c1ccc(F)cc1. The molecule has 24 heavy (non-hydrogen) atoms. The summed E-state index contributed by atoms with van der Waals surface area (Å²) in [4.78, 5) is 11.9. The van der Waals surface area contributed by atoms with Crippen LogP contribution in [0.25, 0.3) is 0 Å². The minimum atomic E-state index is -0.261. The van der Waals surface area contributed by atoms with E-state index >= 15 is 0 Å². The standard InChI is InChI=1S/C17H21FN4O2/c18-15-4-2-13(3-5-15)16-14(6-11-24-16)12-20-17(23)19-8-10-22-9-1-7-21-22/h1-5,7,9,14,16H,6,8,10-12H2,(H2,19,20,23)/t14-,16-/m0/s1. The summed E-state index contributed by atoms with van der Waals surface area (Å²) < 4.78 is 20.5. The Balaban J connectivity index is 1.43. The van der Waals surface area contributed by atoms with Crippen molar-refractivity contribution in [2.75, 3.05) is 19.7 Å². The molecule has 6 nitrogen and oxygen atoms in total. The van der Waals surface area contributed by atoms with Gasteiger partial charge in [-0.05, 0) is 30.2 Å². The summed E-state index contributed by atoms with van der Waals surface area (Å²) >= 11 is 0. The van der Waals surface area contributed by atoms with Gasteiger partial charge in [-0.1, -0.05) is 12.1 Å². The maximum absolute atomic E-state index is 13.0. The number of hydrogen-bond acceptors (Lipinski definition) is 3. The van der Waals surface area contributed by atoms with E-state index in [1.54, 1.807) is 23.0 Å². The van der Waals surface area contributed by atoms with Gasteiger partial charge in [0.1, 0.15) is 5.82 Å². The molecule has 0 saturated carbocycles. The molecule has 128 valence electrons. The minimum Gasteiger partial charge on any atom is -0.373 e. The van der Waals surface area contributed by atoms with Crippen LogP contribution in [-0.2, 0) is 11.3 Å². The first kappa shape index (κ1) is 16.4. The van der Waals surface area contributed by atoms with E-state index in [0.29, 0.717) is 26.2 Å². The van der Waals surface area contributed by atoms with Gasteiger partial charge in [-0.2, -0.15) is 5.10 Å². The fourth-order valence-electron chi connectivity index (χ4n) is 2.87. The molecule has 1 aliphatic rings. The molecule has 0 radical (unpaired) electrons. The molecule has 0 spiro atoms. The normalized spacial score (nSPS) is 20.0. The van der Waals surface area contributed by atoms with Crippen LogP contribution in [0.1, 0.15) is 18.1 Å². The van der Waals surface area contributed by atoms with Crippen molar-refractivity contribution in [3.63, 3.8) is 0 Å². The van der Waals surface area contributed by atoms with Crippen LogP contribution in [-0.4, -0.2) is 35.5 Å². The van der Waals surface area contributed by atoms with Gasteiger partial charge in [-0.25, -0.2) is 9.18 Å². The number of hydrogen-bond donors (Lipinski definition) is 2. The number of nitrogens with one attached hydrogen (secondary N) is 2. The van der Waals surface area contributed by atoms with Gasteiger partial charge < -0.3 is 15.4 Å². The Kier molecular flexibility index (Phi) is 5.43. The van der Waals surface area contributed by atoms with Crippen molar-refractivity contribution in [3.05, 3.63) is 54.1 Å². The predicted molar refractivity (Wildman–Crippen MR) is 86.8 cm³/mol. The topological polar surface area (TPSA) is 68.2 Å². The lowest BCUT2D eigenvalue weighted by atomic mass is 9.95. The molecule has 1 fully saturated rings. The van der Waals surface area contributed by atoms with Crippen molar-refractivity contribution >= 4 is 6.03 Å². The van der Waals surface area contributed by atoms with Crippen molar-refractivity contribution in [3.8, 4) is 0 Å². The zero-order valence-corrected chi connectivity index (χ0v) is 13.3. The average molecular weight is 332 g/mol. The van der Waals surface area contributed by atoms with Gasteiger partial charge in [0.05, 0.1) is 12.6 Å². The smallest absolute Gasteiger partial charge is 0.314 e. The fourth-order valence-corrected chi connectivity index (χ4v) is 2.87. The monoisotopic (exact) mass is 332 g/mol. The molecular formula is C17H21FN4O2. The molecule has 0 unspecified atom stereocenters. The van der Waals surface area contributed by atoms with Crippen LogP contribution in [0.2, 0.25) is 0 Å². The number of urea groups is 1. The molecule has 2 aromatic rings. The van der Waals surface area contributed by atoms with E-state index in [1.807, 2.05) is 12.3 Å². The number of halogens is 1. The van der Waals surface area contributed by atoms with Gasteiger partial charge in [0.2, 0.25) is 0 Å². The van der Waals surface area contributed by atoms with Gasteiger partial charge in [0.15, 0.2) is 0 Å². The lowest BCUT2D eigenvalue weighted by Crippen LogP contribution is -2.40. The second-order valence-corrected chi connectivity index (χ2v) is 5.80. The van der Waals surface area contributed by atoms with Crippen LogP contribution in [0.15, 0.2) is 42.7 Å². The van der Waals surface area contributed by atoms with E-state index in [1.165, 1.54) is 12.1 Å². The molecule has 1 aromatic carbocycles. The first-order valence-corrected chi connectivity index (χ1v) is 8.08. The number of benzene rings is 1. The lowest BCUT2D eigenvalue weighted by molar-refractivity contribution is 0.0909. The number of ether oxygens (including phenoxy) is 1. The molecule has 0 bridgehead atoms. The van der Waals surface area contributed by atoms with E-state index in [9.17, 15) is 9.18 Å². The Morgan fingerprint density at radius 1 is 1.33 bits per heavy atom. The first-order valence-electron chi connectivity index (χ1n) is 8.08. The molecule has 2 N–H and O–H groups in total. The summed E-state index contributed by atoms with van der Waals surface area (Å²) in [6.45, 7) is 2.31. The zero-order valence-electron chi connectivity index (χ0n) is 13.3. The second kappa shape index (κ2) is 7.92. The number of amides is 2. The molecule has 0 aliphatic carbocycles. The van der Waals surface area contributed by atoms with Gasteiger partial charge in [0.25, 0.3) is 0 Å². The van der Waals surface area contributed by atoms with Gasteiger partial charge >= 0.3 is 6.03 Å². The summed E-state index contributed by atoms with van der Waals surface area (Å²) in [5.41, 5.74) is 0.944. The Morgan fingerprint density at radius 2 is 2.17 bits per heavy atom. The quantitative estimate of drug-likeness (QED) is 0.851. The van der Waals surface area contributed by atoms with Crippen molar-refractivity contribution in [1.82, 2.24) is 20.4 Å². The molecule has 1 saturated heterocycles. The molecule has 2 heterocycles. The molecular weight excluding hydrogens is 311 g/mol. The summed E-state index contributed by atoms with van der Waals surface area (Å²) in [6.07, 6.45) is 4.32. The highest BCUT2D eigenvalue weighted by atomic mass is 19.1.